The monoisotopic (exact) mass is 329 g/mol. The van der Waals surface area contributed by atoms with Crippen LogP contribution in [0.1, 0.15) is 17.5 Å². The van der Waals surface area contributed by atoms with Crippen LogP contribution >= 0.6 is 11.6 Å². The van der Waals surface area contributed by atoms with Crippen LogP contribution in [0, 0.1) is 0 Å². The number of amides is 1. The number of carbonyl (C=O) groups is 1. The number of para-hydroxylation sites is 1. The second-order valence-electron chi connectivity index (χ2n) is 5.10. The van der Waals surface area contributed by atoms with Crippen molar-refractivity contribution in [3.05, 3.63) is 70.8 Å². The highest BCUT2D eigenvalue weighted by molar-refractivity contribution is 6.30. The van der Waals surface area contributed by atoms with E-state index in [-0.39, 0.29) is 5.91 Å². The van der Waals surface area contributed by atoms with Crippen molar-refractivity contribution in [3.8, 4) is 5.75 Å². The largest absolute Gasteiger partial charge is 0.496 e. The van der Waals surface area contributed by atoms with Crippen molar-refractivity contribution in [2.45, 2.75) is 12.8 Å². The van der Waals surface area contributed by atoms with Crippen molar-refractivity contribution in [2.24, 2.45) is 0 Å². The second kappa shape index (κ2) is 9.01. The smallest absolute Gasteiger partial charge is 0.244 e. The number of nitrogens with one attached hydrogen (secondary N) is 1. The number of halogens is 1. The predicted molar refractivity (Wildman–Crippen MR) is 94.8 cm³/mol. The summed E-state index contributed by atoms with van der Waals surface area (Å²) in [6.07, 6.45) is 5.08. The molecule has 0 aromatic heterocycles. The second-order valence-corrected chi connectivity index (χ2v) is 5.53. The van der Waals surface area contributed by atoms with E-state index in [1.165, 1.54) is 11.6 Å². The average molecular weight is 330 g/mol. The first kappa shape index (κ1) is 17.1. The number of ether oxygens (including phenoxy) is 1. The molecular formula is C19H20ClNO2. The molecule has 2 aromatic carbocycles. The summed E-state index contributed by atoms with van der Waals surface area (Å²) in [5, 5.41) is 3.62. The lowest BCUT2D eigenvalue weighted by Gasteiger charge is -2.04. The molecule has 0 saturated carbocycles. The minimum absolute atomic E-state index is 0.105. The minimum Gasteiger partial charge on any atom is -0.496 e. The highest BCUT2D eigenvalue weighted by Gasteiger charge is 1.99. The third-order valence-electron chi connectivity index (χ3n) is 3.41. The molecule has 120 valence electrons. The van der Waals surface area contributed by atoms with Gasteiger partial charge in [-0.25, -0.2) is 0 Å². The molecule has 2 rings (SSSR count). The molecule has 0 atom stereocenters. The maximum atomic E-state index is 11.8. The number of aryl methyl sites for hydroxylation is 1. The van der Waals surface area contributed by atoms with Gasteiger partial charge in [0.1, 0.15) is 5.75 Å². The maximum Gasteiger partial charge on any atom is 0.244 e. The van der Waals surface area contributed by atoms with Gasteiger partial charge in [0.15, 0.2) is 0 Å². The Bertz CT molecular complexity index is 665. The van der Waals surface area contributed by atoms with Crippen LogP contribution in [0.15, 0.2) is 54.6 Å². The van der Waals surface area contributed by atoms with Gasteiger partial charge in [0.2, 0.25) is 5.91 Å². The van der Waals surface area contributed by atoms with Crippen molar-refractivity contribution in [1.29, 1.82) is 0 Å². The molecule has 0 unspecified atom stereocenters. The van der Waals surface area contributed by atoms with Gasteiger partial charge in [-0.1, -0.05) is 41.9 Å². The Hall–Kier alpha value is -2.26. The van der Waals surface area contributed by atoms with E-state index in [0.29, 0.717) is 6.54 Å². The molecule has 0 aliphatic carbocycles. The molecule has 3 nitrogen and oxygen atoms in total. The molecule has 2 aromatic rings. The zero-order valence-electron chi connectivity index (χ0n) is 13.1. The predicted octanol–water partition coefficient (Wildman–Crippen LogP) is 4.11. The molecule has 0 saturated heterocycles. The molecule has 0 radical (unpaired) electrons. The van der Waals surface area contributed by atoms with E-state index in [4.69, 9.17) is 16.3 Å². The summed E-state index contributed by atoms with van der Waals surface area (Å²) >= 11 is 5.85. The summed E-state index contributed by atoms with van der Waals surface area (Å²) in [5.74, 6) is 0.645. The maximum absolute atomic E-state index is 11.8. The van der Waals surface area contributed by atoms with E-state index in [1.807, 2.05) is 48.5 Å². The van der Waals surface area contributed by atoms with Crippen LogP contribution in [-0.2, 0) is 11.2 Å². The summed E-state index contributed by atoms with van der Waals surface area (Å²) in [5.41, 5.74) is 2.10. The standard InChI is InChI=1S/C19H20ClNO2/c1-23-18-7-3-2-6-16(18)10-13-19(22)21-14-4-5-15-8-11-17(20)12-9-15/h2-3,6-13H,4-5,14H2,1H3,(H,21,22)/b13-10+. The van der Waals surface area contributed by atoms with Gasteiger partial charge in [0.05, 0.1) is 7.11 Å². The SMILES string of the molecule is COc1ccccc1/C=C/C(=O)NCCCc1ccc(Cl)cc1. The third kappa shape index (κ3) is 5.80. The lowest BCUT2D eigenvalue weighted by Crippen LogP contribution is -2.22. The molecule has 1 amide bonds. The molecular weight excluding hydrogens is 310 g/mol. The molecule has 0 aliphatic rings. The number of methoxy groups -OCH3 is 1. The number of hydrogen-bond donors (Lipinski definition) is 1. The van der Waals surface area contributed by atoms with Gasteiger partial charge >= 0.3 is 0 Å². The lowest BCUT2D eigenvalue weighted by atomic mass is 10.1. The fourth-order valence-corrected chi connectivity index (χ4v) is 2.31. The highest BCUT2D eigenvalue weighted by atomic mass is 35.5. The first-order valence-electron chi connectivity index (χ1n) is 7.52. The summed E-state index contributed by atoms with van der Waals surface area (Å²) in [6.45, 7) is 0.637. The molecule has 0 fully saturated rings. The Morgan fingerprint density at radius 3 is 2.65 bits per heavy atom. The molecule has 0 bridgehead atoms. The Morgan fingerprint density at radius 1 is 1.17 bits per heavy atom. The van der Waals surface area contributed by atoms with E-state index < -0.39 is 0 Å². The van der Waals surface area contributed by atoms with Gasteiger partial charge in [-0.15, -0.1) is 0 Å². The Morgan fingerprint density at radius 2 is 1.91 bits per heavy atom. The van der Waals surface area contributed by atoms with Crippen molar-refractivity contribution >= 4 is 23.6 Å². The van der Waals surface area contributed by atoms with Crippen LogP contribution in [0.2, 0.25) is 5.02 Å². The van der Waals surface area contributed by atoms with Crippen molar-refractivity contribution in [2.75, 3.05) is 13.7 Å². The zero-order chi connectivity index (χ0) is 16.5. The van der Waals surface area contributed by atoms with Crippen LogP contribution in [0.25, 0.3) is 6.08 Å². The van der Waals surface area contributed by atoms with Gasteiger partial charge in [-0.3, -0.25) is 4.79 Å². The van der Waals surface area contributed by atoms with Crippen molar-refractivity contribution in [3.63, 3.8) is 0 Å². The van der Waals surface area contributed by atoms with E-state index in [0.717, 1.165) is 29.2 Å². The highest BCUT2D eigenvalue weighted by Crippen LogP contribution is 2.18. The van der Waals surface area contributed by atoms with Crippen LogP contribution in [0.3, 0.4) is 0 Å². The fourth-order valence-electron chi connectivity index (χ4n) is 2.18. The van der Waals surface area contributed by atoms with Gasteiger partial charge in [-0.05, 0) is 42.7 Å². The molecule has 1 N–H and O–H groups in total. The zero-order valence-corrected chi connectivity index (χ0v) is 13.8. The van der Waals surface area contributed by atoms with Crippen LogP contribution in [0.4, 0.5) is 0 Å². The van der Waals surface area contributed by atoms with Crippen molar-refractivity contribution in [1.82, 2.24) is 5.32 Å². The van der Waals surface area contributed by atoms with Crippen LogP contribution < -0.4 is 10.1 Å². The first-order chi connectivity index (χ1) is 11.2. The molecule has 23 heavy (non-hydrogen) atoms. The molecule has 4 heteroatoms. The van der Waals surface area contributed by atoms with Gasteiger partial charge in [-0.2, -0.15) is 0 Å². The van der Waals surface area contributed by atoms with Gasteiger partial charge < -0.3 is 10.1 Å². The number of rotatable bonds is 7. The van der Waals surface area contributed by atoms with E-state index >= 15 is 0 Å². The van der Waals surface area contributed by atoms with Gasteiger partial charge in [0, 0.05) is 23.2 Å². The van der Waals surface area contributed by atoms with E-state index in [2.05, 4.69) is 5.32 Å². The topological polar surface area (TPSA) is 38.3 Å². The first-order valence-corrected chi connectivity index (χ1v) is 7.90. The summed E-state index contributed by atoms with van der Waals surface area (Å²) in [7, 11) is 1.61. The molecule has 0 spiro atoms. The minimum atomic E-state index is -0.105. The Balaban J connectivity index is 1.74. The van der Waals surface area contributed by atoms with Crippen LogP contribution in [0.5, 0.6) is 5.75 Å². The lowest BCUT2D eigenvalue weighted by molar-refractivity contribution is -0.116. The van der Waals surface area contributed by atoms with Crippen molar-refractivity contribution < 1.29 is 9.53 Å². The van der Waals surface area contributed by atoms with Crippen LogP contribution in [-0.4, -0.2) is 19.6 Å². The fraction of sp³-hybridized carbons (Fsp3) is 0.211. The Labute approximate surface area is 141 Å². The molecule has 0 aliphatic heterocycles. The summed E-state index contributed by atoms with van der Waals surface area (Å²) in [4.78, 5) is 11.8. The summed E-state index contributed by atoms with van der Waals surface area (Å²) < 4.78 is 5.24. The number of carbonyl (C=O) groups excluding carboxylic acids is 1. The average Bonchev–Trinajstić information content (AvgIpc) is 2.58. The number of hydrogen-bond acceptors (Lipinski definition) is 2. The van der Waals surface area contributed by atoms with E-state index in [9.17, 15) is 4.79 Å². The normalized spacial score (nSPS) is 10.7. The summed E-state index contributed by atoms with van der Waals surface area (Å²) in [6, 6.07) is 15.3. The molecule has 0 heterocycles. The third-order valence-corrected chi connectivity index (χ3v) is 3.66. The quantitative estimate of drug-likeness (QED) is 0.613. The van der Waals surface area contributed by atoms with Gasteiger partial charge in [0.25, 0.3) is 0 Å². The number of benzene rings is 2. The van der Waals surface area contributed by atoms with E-state index in [1.54, 1.807) is 13.2 Å². The Kier molecular flexibility index (Phi) is 6.70.